The van der Waals surface area contributed by atoms with Gasteiger partial charge in [-0.2, -0.15) is 4.98 Å². The summed E-state index contributed by atoms with van der Waals surface area (Å²) in [5.41, 5.74) is 7.39. The van der Waals surface area contributed by atoms with Crippen molar-refractivity contribution in [1.29, 1.82) is 0 Å². The largest absolute Gasteiger partial charge is 0.339 e. The van der Waals surface area contributed by atoms with Crippen molar-refractivity contribution >= 4 is 0 Å². The Labute approximate surface area is 125 Å². The smallest absolute Gasteiger partial charge is 0.227 e. The van der Waals surface area contributed by atoms with Gasteiger partial charge in [-0.1, -0.05) is 55.3 Å². The molecule has 0 aliphatic heterocycles. The lowest BCUT2D eigenvalue weighted by Gasteiger charge is -2.33. The lowest BCUT2D eigenvalue weighted by molar-refractivity contribution is 0.221. The molecular formula is C17H23N3O. The lowest BCUT2D eigenvalue weighted by Crippen LogP contribution is -2.42. The first-order valence-electron chi connectivity index (χ1n) is 7.81. The number of aromatic nitrogens is 2. The second kappa shape index (κ2) is 5.98. The normalized spacial score (nSPS) is 25.9. The minimum atomic E-state index is -0.397. The molecule has 0 bridgehead atoms. The van der Waals surface area contributed by atoms with Crippen LogP contribution in [0.5, 0.6) is 0 Å². The maximum atomic E-state index is 6.51. The third-order valence-corrected chi connectivity index (χ3v) is 4.42. The molecule has 1 aliphatic carbocycles. The van der Waals surface area contributed by atoms with Crippen LogP contribution < -0.4 is 5.73 Å². The number of hydrogen-bond donors (Lipinski definition) is 1. The predicted molar refractivity (Wildman–Crippen MR) is 81.6 cm³/mol. The predicted octanol–water partition coefficient (Wildman–Crippen LogP) is 3.22. The highest BCUT2D eigenvalue weighted by Gasteiger charge is 2.36. The molecule has 4 heteroatoms. The molecule has 0 amide bonds. The van der Waals surface area contributed by atoms with E-state index < -0.39 is 5.54 Å². The summed E-state index contributed by atoms with van der Waals surface area (Å²) in [7, 11) is 0. The highest BCUT2D eigenvalue weighted by molar-refractivity contribution is 5.15. The van der Waals surface area contributed by atoms with Gasteiger partial charge in [-0.25, -0.2) is 0 Å². The van der Waals surface area contributed by atoms with Crippen LogP contribution in [0, 0.1) is 5.92 Å². The Bertz CT molecular complexity index is 581. The molecule has 1 aliphatic rings. The third kappa shape index (κ3) is 3.32. The van der Waals surface area contributed by atoms with Crippen molar-refractivity contribution in [2.75, 3.05) is 0 Å². The van der Waals surface area contributed by atoms with Gasteiger partial charge in [0.15, 0.2) is 5.82 Å². The van der Waals surface area contributed by atoms with Crippen LogP contribution in [0.25, 0.3) is 0 Å². The zero-order chi connectivity index (χ0) is 14.7. The minimum Gasteiger partial charge on any atom is -0.339 e. The lowest BCUT2D eigenvalue weighted by atomic mass is 9.76. The first-order valence-corrected chi connectivity index (χ1v) is 7.81. The van der Waals surface area contributed by atoms with E-state index in [2.05, 4.69) is 29.2 Å². The Kier molecular flexibility index (Phi) is 4.06. The van der Waals surface area contributed by atoms with Gasteiger partial charge < -0.3 is 10.3 Å². The van der Waals surface area contributed by atoms with Crippen LogP contribution in [-0.4, -0.2) is 10.1 Å². The summed E-state index contributed by atoms with van der Waals surface area (Å²) < 4.78 is 5.40. The van der Waals surface area contributed by atoms with E-state index in [1.54, 1.807) is 0 Å². The topological polar surface area (TPSA) is 64.9 Å². The zero-order valence-electron chi connectivity index (χ0n) is 12.6. The summed E-state index contributed by atoms with van der Waals surface area (Å²) in [4.78, 5) is 4.55. The second-order valence-corrected chi connectivity index (χ2v) is 6.35. The molecule has 2 atom stereocenters. The monoisotopic (exact) mass is 285 g/mol. The first-order chi connectivity index (χ1) is 10.2. The standard InChI is InChI=1S/C17H23N3O/c1-13-6-5-11-17(18,12-13)16-19-15(21-20-16)10-9-14-7-3-2-4-8-14/h2-4,7-8,13H,5-6,9-12,18H2,1H3. The van der Waals surface area contributed by atoms with E-state index in [1.165, 1.54) is 12.0 Å². The Morgan fingerprint density at radius 1 is 1.29 bits per heavy atom. The molecule has 3 rings (SSSR count). The average Bonchev–Trinajstić information content (AvgIpc) is 2.96. The van der Waals surface area contributed by atoms with Crippen LogP contribution in [0.3, 0.4) is 0 Å². The average molecular weight is 285 g/mol. The van der Waals surface area contributed by atoms with E-state index >= 15 is 0 Å². The molecule has 1 fully saturated rings. The molecule has 1 aromatic carbocycles. The van der Waals surface area contributed by atoms with Crippen LogP contribution in [0.15, 0.2) is 34.9 Å². The second-order valence-electron chi connectivity index (χ2n) is 6.35. The SMILES string of the molecule is CC1CCCC(N)(c2noc(CCc3ccccc3)n2)C1. The molecule has 0 spiro atoms. The van der Waals surface area contributed by atoms with Gasteiger partial charge in [0.1, 0.15) is 0 Å². The number of nitrogens with zero attached hydrogens (tertiary/aromatic N) is 2. The molecule has 0 saturated heterocycles. The van der Waals surface area contributed by atoms with Gasteiger partial charge in [-0.05, 0) is 30.7 Å². The number of aryl methyl sites for hydroxylation is 2. The molecule has 1 heterocycles. The summed E-state index contributed by atoms with van der Waals surface area (Å²) in [6, 6.07) is 10.4. The summed E-state index contributed by atoms with van der Waals surface area (Å²) in [6.45, 7) is 2.25. The van der Waals surface area contributed by atoms with Crippen LogP contribution in [0.1, 0.15) is 49.9 Å². The molecule has 1 saturated carbocycles. The van der Waals surface area contributed by atoms with Crippen molar-refractivity contribution < 1.29 is 4.52 Å². The quantitative estimate of drug-likeness (QED) is 0.936. The van der Waals surface area contributed by atoms with Crippen molar-refractivity contribution in [2.24, 2.45) is 11.7 Å². The number of benzene rings is 1. The van der Waals surface area contributed by atoms with Crippen molar-refractivity contribution in [2.45, 2.75) is 51.0 Å². The molecular weight excluding hydrogens is 262 g/mol. The van der Waals surface area contributed by atoms with Crippen LogP contribution in [-0.2, 0) is 18.4 Å². The fourth-order valence-corrected chi connectivity index (χ4v) is 3.25. The first kappa shape index (κ1) is 14.3. The Morgan fingerprint density at radius 3 is 2.86 bits per heavy atom. The summed E-state index contributed by atoms with van der Waals surface area (Å²) in [6.07, 6.45) is 5.97. The molecule has 2 N–H and O–H groups in total. The molecule has 21 heavy (non-hydrogen) atoms. The van der Waals surface area contributed by atoms with E-state index in [0.717, 1.165) is 32.1 Å². The van der Waals surface area contributed by atoms with Gasteiger partial charge in [0, 0.05) is 6.42 Å². The maximum Gasteiger partial charge on any atom is 0.227 e. The molecule has 4 nitrogen and oxygen atoms in total. The highest BCUT2D eigenvalue weighted by Crippen LogP contribution is 2.36. The minimum absolute atomic E-state index is 0.397. The molecule has 1 aromatic heterocycles. The van der Waals surface area contributed by atoms with Crippen molar-refractivity contribution in [3.63, 3.8) is 0 Å². The van der Waals surface area contributed by atoms with Gasteiger partial charge in [0.05, 0.1) is 5.54 Å². The fraction of sp³-hybridized carbons (Fsp3) is 0.529. The molecule has 0 radical (unpaired) electrons. The van der Waals surface area contributed by atoms with E-state index in [-0.39, 0.29) is 0 Å². The Balaban J connectivity index is 1.66. The van der Waals surface area contributed by atoms with Crippen molar-refractivity contribution in [1.82, 2.24) is 10.1 Å². The highest BCUT2D eigenvalue weighted by atomic mass is 16.5. The van der Waals surface area contributed by atoms with Crippen molar-refractivity contribution in [3.8, 4) is 0 Å². The molecule has 112 valence electrons. The number of hydrogen-bond acceptors (Lipinski definition) is 4. The van der Waals surface area contributed by atoms with Crippen LogP contribution in [0.4, 0.5) is 0 Å². The van der Waals surface area contributed by atoms with Gasteiger partial charge in [-0.3, -0.25) is 0 Å². The number of nitrogens with two attached hydrogens (primary N) is 1. The Hall–Kier alpha value is -1.68. The summed E-state index contributed by atoms with van der Waals surface area (Å²) >= 11 is 0. The van der Waals surface area contributed by atoms with Crippen molar-refractivity contribution in [3.05, 3.63) is 47.6 Å². The van der Waals surface area contributed by atoms with Gasteiger partial charge >= 0.3 is 0 Å². The van der Waals surface area contributed by atoms with Gasteiger partial charge in [0.25, 0.3) is 0 Å². The number of rotatable bonds is 4. The summed E-state index contributed by atoms with van der Waals surface area (Å²) in [5.74, 6) is 2.02. The maximum absolute atomic E-state index is 6.51. The van der Waals surface area contributed by atoms with E-state index in [0.29, 0.717) is 17.6 Å². The summed E-state index contributed by atoms with van der Waals surface area (Å²) in [5, 5.41) is 4.15. The Morgan fingerprint density at radius 2 is 2.10 bits per heavy atom. The van der Waals surface area contributed by atoms with Gasteiger partial charge in [0.2, 0.25) is 5.89 Å². The zero-order valence-corrected chi connectivity index (χ0v) is 12.6. The van der Waals surface area contributed by atoms with E-state index in [9.17, 15) is 0 Å². The van der Waals surface area contributed by atoms with E-state index in [1.807, 2.05) is 18.2 Å². The van der Waals surface area contributed by atoms with E-state index in [4.69, 9.17) is 10.3 Å². The molecule has 2 unspecified atom stereocenters. The molecule has 2 aromatic rings. The van der Waals surface area contributed by atoms with Crippen LogP contribution in [0.2, 0.25) is 0 Å². The van der Waals surface area contributed by atoms with Crippen LogP contribution >= 0.6 is 0 Å². The fourth-order valence-electron chi connectivity index (χ4n) is 3.25. The van der Waals surface area contributed by atoms with Gasteiger partial charge in [-0.15, -0.1) is 0 Å². The third-order valence-electron chi connectivity index (χ3n) is 4.42.